The summed E-state index contributed by atoms with van der Waals surface area (Å²) in [4.78, 5) is 0. The van der Waals surface area contributed by atoms with Crippen LogP contribution in [0, 0.1) is 0 Å². The van der Waals surface area contributed by atoms with Crippen LogP contribution < -0.4 is 0 Å². The zero-order valence-corrected chi connectivity index (χ0v) is 12.1. The molecule has 1 heterocycles. The molecule has 1 aliphatic rings. The topological polar surface area (TPSA) is 43.4 Å². The molecule has 0 aliphatic carbocycles. The van der Waals surface area contributed by atoms with Gasteiger partial charge in [-0.2, -0.15) is 0 Å². The van der Waals surface area contributed by atoms with Crippen LogP contribution in [-0.4, -0.2) is 36.6 Å². The van der Waals surface area contributed by atoms with Crippen LogP contribution in [0.3, 0.4) is 0 Å². The molecule has 0 spiro atoms. The monoisotopic (exact) mass is 346 g/mol. The molecule has 0 aromatic rings. The van der Waals surface area contributed by atoms with E-state index in [9.17, 15) is 8.42 Å². The first-order valence-corrected chi connectivity index (χ1v) is 8.58. The van der Waals surface area contributed by atoms with Crippen LogP contribution in [0.4, 0.5) is 0 Å². The fraction of sp³-hybridized carbons (Fsp3) is 1.00. The van der Waals surface area contributed by atoms with Gasteiger partial charge in [0.2, 0.25) is 0 Å². The minimum atomic E-state index is -2.82. The molecule has 1 aliphatic heterocycles. The summed E-state index contributed by atoms with van der Waals surface area (Å²) in [7, 11) is -2.82. The molecule has 0 saturated carbocycles. The second-order valence-corrected chi connectivity index (χ2v) is 7.82. The summed E-state index contributed by atoms with van der Waals surface area (Å²) in [5.74, 6) is 0.502. The van der Waals surface area contributed by atoms with Crippen molar-refractivity contribution in [1.82, 2.24) is 0 Å². The van der Waals surface area contributed by atoms with Crippen LogP contribution >= 0.6 is 22.6 Å². The molecule has 5 heteroatoms. The number of hydrogen-bond acceptors (Lipinski definition) is 3. The highest BCUT2D eigenvalue weighted by atomic mass is 127. The van der Waals surface area contributed by atoms with Crippen molar-refractivity contribution in [2.45, 2.75) is 42.6 Å². The first-order chi connectivity index (χ1) is 7.05. The van der Waals surface area contributed by atoms with Crippen LogP contribution in [-0.2, 0) is 14.6 Å². The predicted octanol–water partition coefficient (Wildman–Crippen LogP) is 2.18. The van der Waals surface area contributed by atoms with E-state index in [1.165, 1.54) is 19.3 Å². The van der Waals surface area contributed by atoms with Gasteiger partial charge < -0.3 is 4.74 Å². The molecule has 90 valence electrons. The number of rotatable bonds is 6. The van der Waals surface area contributed by atoms with E-state index in [-0.39, 0.29) is 21.5 Å². The van der Waals surface area contributed by atoms with Gasteiger partial charge in [-0.1, -0.05) is 48.8 Å². The molecule has 1 saturated heterocycles. The molecular weight excluding hydrogens is 327 g/mol. The predicted molar refractivity (Wildman–Crippen MR) is 70.3 cm³/mol. The lowest BCUT2D eigenvalue weighted by molar-refractivity contribution is 0.0739. The number of alkyl halides is 1. The van der Waals surface area contributed by atoms with Gasteiger partial charge in [-0.25, -0.2) is 8.42 Å². The smallest absolute Gasteiger partial charge is 0.154 e. The highest BCUT2D eigenvalue weighted by Crippen LogP contribution is 2.23. The molecule has 0 amide bonds. The SMILES string of the molecule is CCCCCCOC1CS(=O)(=O)CC1I. The molecule has 0 aromatic carbocycles. The highest BCUT2D eigenvalue weighted by Gasteiger charge is 2.36. The maximum absolute atomic E-state index is 11.3. The van der Waals surface area contributed by atoms with Crippen molar-refractivity contribution in [3.63, 3.8) is 0 Å². The third-order valence-electron chi connectivity index (χ3n) is 2.56. The number of unbranched alkanes of at least 4 members (excludes halogenated alkanes) is 3. The summed E-state index contributed by atoms with van der Waals surface area (Å²) in [5.41, 5.74) is 0. The van der Waals surface area contributed by atoms with Crippen LogP contribution in [0.25, 0.3) is 0 Å². The van der Waals surface area contributed by atoms with Crippen LogP contribution in [0.5, 0.6) is 0 Å². The second kappa shape index (κ2) is 6.39. The Kier molecular flexibility index (Phi) is 5.84. The average molecular weight is 346 g/mol. The summed E-state index contributed by atoms with van der Waals surface area (Å²) >= 11 is 2.18. The maximum Gasteiger partial charge on any atom is 0.154 e. The van der Waals surface area contributed by atoms with E-state index in [1.54, 1.807) is 0 Å². The quantitative estimate of drug-likeness (QED) is 0.421. The fourth-order valence-corrected chi connectivity index (χ4v) is 5.80. The Morgan fingerprint density at radius 3 is 2.53 bits per heavy atom. The van der Waals surface area contributed by atoms with Gasteiger partial charge in [0.1, 0.15) is 0 Å². The molecule has 1 rings (SSSR count). The van der Waals surface area contributed by atoms with Crippen LogP contribution in [0.2, 0.25) is 0 Å². The lowest BCUT2D eigenvalue weighted by Crippen LogP contribution is -2.22. The summed E-state index contributed by atoms with van der Waals surface area (Å²) in [6.07, 6.45) is 4.61. The van der Waals surface area contributed by atoms with Crippen LogP contribution in [0.1, 0.15) is 32.6 Å². The van der Waals surface area contributed by atoms with Gasteiger partial charge in [0.25, 0.3) is 0 Å². The van der Waals surface area contributed by atoms with Crippen molar-refractivity contribution in [3.8, 4) is 0 Å². The average Bonchev–Trinajstić information content (AvgIpc) is 2.39. The van der Waals surface area contributed by atoms with E-state index in [2.05, 4.69) is 29.5 Å². The molecule has 3 nitrogen and oxygen atoms in total. The Balaban J connectivity index is 2.17. The zero-order valence-electron chi connectivity index (χ0n) is 9.12. The van der Waals surface area contributed by atoms with Gasteiger partial charge in [0.05, 0.1) is 21.5 Å². The summed E-state index contributed by atoms with van der Waals surface area (Å²) in [6.45, 7) is 2.88. The largest absolute Gasteiger partial charge is 0.376 e. The number of hydrogen-bond donors (Lipinski definition) is 0. The van der Waals surface area contributed by atoms with E-state index in [4.69, 9.17) is 4.74 Å². The molecule has 1 fully saturated rings. The Morgan fingerprint density at radius 1 is 1.27 bits per heavy atom. The van der Waals surface area contributed by atoms with Crippen LogP contribution in [0.15, 0.2) is 0 Å². The molecule has 15 heavy (non-hydrogen) atoms. The minimum Gasteiger partial charge on any atom is -0.376 e. The number of ether oxygens (including phenoxy) is 1. The first kappa shape index (κ1) is 13.7. The molecule has 2 atom stereocenters. The molecule has 2 unspecified atom stereocenters. The minimum absolute atomic E-state index is 0.0720. The van der Waals surface area contributed by atoms with Gasteiger partial charge in [-0.05, 0) is 6.42 Å². The summed E-state index contributed by atoms with van der Waals surface area (Å²) < 4.78 is 28.4. The third kappa shape index (κ3) is 4.99. The lowest BCUT2D eigenvalue weighted by atomic mass is 10.2. The van der Waals surface area contributed by atoms with E-state index < -0.39 is 9.84 Å². The number of sulfone groups is 1. The second-order valence-electron chi connectivity index (χ2n) is 4.06. The number of halogens is 1. The van der Waals surface area contributed by atoms with Gasteiger partial charge in [0, 0.05) is 6.61 Å². The van der Waals surface area contributed by atoms with Crippen molar-refractivity contribution in [3.05, 3.63) is 0 Å². The Morgan fingerprint density at radius 2 is 2.00 bits per heavy atom. The van der Waals surface area contributed by atoms with Gasteiger partial charge in [-0.3, -0.25) is 0 Å². The highest BCUT2D eigenvalue weighted by molar-refractivity contribution is 14.1. The lowest BCUT2D eigenvalue weighted by Gasteiger charge is -2.13. The van der Waals surface area contributed by atoms with Crippen molar-refractivity contribution < 1.29 is 13.2 Å². The Bertz CT molecular complexity index is 276. The Labute approximate surface area is 106 Å². The third-order valence-corrected chi connectivity index (χ3v) is 6.11. The van der Waals surface area contributed by atoms with E-state index in [0.29, 0.717) is 6.61 Å². The normalized spacial score (nSPS) is 29.5. The van der Waals surface area contributed by atoms with Gasteiger partial charge in [0.15, 0.2) is 9.84 Å². The standard InChI is InChI=1S/C10H19IO3S/c1-2-3-4-5-6-14-10-8-15(12,13)7-9(10)11/h9-10H,2-8H2,1H3. The Hall–Kier alpha value is 0.640. The zero-order chi connectivity index (χ0) is 11.3. The fourth-order valence-electron chi connectivity index (χ4n) is 1.69. The van der Waals surface area contributed by atoms with E-state index >= 15 is 0 Å². The van der Waals surface area contributed by atoms with Crippen molar-refractivity contribution in [2.75, 3.05) is 18.1 Å². The van der Waals surface area contributed by atoms with E-state index in [1.807, 2.05) is 0 Å². The summed E-state index contributed by atoms with van der Waals surface area (Å²) in [6, 6.07) is 0. The van der Waals surface area contributed by atoms with Crippen molar-refractivity contribution in [2.24, 2.45) is 0 Å². The molecule has 0 N–H and O–H groups in total. The van der Waals surface area contributed by atoms with E-state index in [0.717, 1.165) is 6.42 Å². The van der Waals surface area contributed by atoms with Crippen molar-refractivity contribution in [1.29, 1.82) is 0 Å². The van der Waals surface area contributed by atoms with Gasteiger partial charge in [-0.15, -0.1) is 0 Å². The molecule has 0 bridgehead atoms. The first-order valence-electron chi connectivity index (χ1n) is 5.51. The summed E-state index contributed by atoms with van der Waals surface area (Å²) in [5, 5.41) is 0. The molecular formula is C10H19IO3S. The van der Waals surface area contributed by atoms with Gasteiger partial charge >= 0.3 is 0 Å². The van der Waals surface area contributed by atoms with Crippen molar-refractivity contribution >= 4 is 32.4 Å². The molecule has 0 aromatic heterocycles. The molecule has 0 radical (unpaired) electrons. The maximum atomic E-state index is 11.3.